The molecule has 0 saturated carbocycles. The maximum atomic E-state index is 13.1. The van der Waals surface area contributed by atoms with E-state index in [1.54, 1.807) is 0 Å². The lowest BCUT2D eigenvalue weighted by molar-refractivity contribution is -0.171. The van der Waals surface area contributed by atoms with Gasteiger partial charge >= 0.3 is 0 Å². The highest BCUT2D eigenvalue weighted by Crippen LogP contribution is 2.39. The summed E-state index contributed by atoms with van der Waals surface area (Å²) in [5.74, 6) is -8.27. The average molecular weight is 474 g/mol. The molecular formula is C15H10N2O12S2. The number of ketones is 1. The average Bonchev–Trinajstić information content (AvgIpc) is 3.10. The third-order valence-electron chi connectivity index (χ3n) is 4.53. The van der Waals surface area contributed by atoms with Crippen LogP contribution in [0.2, 0.25) is 0 Å². The van der Waals surface area contributed by atoms with Gasteiger partial charge in [-0.05, 0) is 12.1 Å². The molecule has 2 aliphatic heterocycles. The summed E-state index contributed by atoms with van der Waals surface area (Å²) in [6, 6.07) is 3.66. The lowest BCUT2D eigenvalue weighted by Gasteiger charge is -2.25. The molecule has 31 heavy (non-hydrogen) atoms. The lowest BCUT2D eigenvalue weighted by atomic mass is 9.94. The number of Topliss-reactive ketones (excluding diaryl/α,β-unsaturated/α-hetero) is 1. The molecule has 4 amide bonds. The molecular weight excluding hydrogens is 464 g/mol. The van der Waals surface area contributed by atoms with Crippen molar-refractivity contribution >= 4 is 55.3 Å². The molecule has 2 unspecified atom stereocenters. The zero-order chi connectivity index (χ0) is 23.5. The van der Waals surface area contributed by atoms with Crippen LogP contribution in [0.4, 0.5) is 5.69 Å². The number of carbonyl (C=O) groups is 5. The maximum Gasteiger partial charge on any atom is 0.289 e. The molecule has 0 radical (unpaired) electrons. The van der Waals surface area contributed by atoms with Crippen LogP contribution < -0.4 is 4.90 Å². The van der Waals surface area contributed by atoms with Gasteiger partial charge < -0.3 is 0 Å². The smallest absolute Gasteiger partial charge is 0.289 e. The molecule has 1 aromatic carbocycles. The van der Waals surface area contributed by atoms with Gasteiger partial charge in [0.05, 0.1) is 5.69 Å². The van der Waals surface area contributed by atoms with Crippen molar-refractivity contribution in [2.24, 2.45) is 0 Å². The second-order valence-electron chi connectivity index (χ2n) is 6.29. The summed E-state index contributed by atoms with van der Waals surface area (Å²) in [5, 5.41) is 5.06. The monoisotopic (exact) mass is 474 g/mol. The minimum absolute atomic E-state index is 0.308. The molecule has 0 spiro atoms. The third kappa shape index (κ3) is 3.08. The van der Waals surface area contributed by atoms with Crippen molar-refractivity contribution in [3.8, 4) is 0 Å². The Bertz CT molecular complexity index is 1290. The van der Waals surface area contributed by atoms with Crippen molar-refractivity contribution in [2.75, 3.05) is 4.90 Å². The van der Waals surface area contributed by atoms with E-state index >= 15 is 0 Å². The fraction of sp³-hybridized carbons (Fsp3) is 0.133. The van der Waals surface area contributed by atoms with E-state index in [-0.39, 0.29) is 5.69 Å². The van der Waals surface area contributed by atoms with Crippen LogP contribution in [0.3, 0.4) is 0 Å². The summed E-state index contributed by atoms with van der Waals surface area (Å²) in [4.78, 5) is 61.6. The van der Waals surface area contributed by atoms with Crippen LogP contribution in [-0.4, -0.2) is 75.6 Å². The summed E-state index contributed by atoms with van der Waals surface area (Å²) >= 11 is 0. The number of amides is 4. The van der Waals surface area contributed by atoms with Gasteiger partial charge in [0.1, 0.15) is 0 Å². The normalized spacial score (nSPS) is 24.4. The first-order chi connectivity index (χ1) is 14.2. The van der Waals surface area contributed by atoms with Crippen molar-refractivity contribution in [2.45, 2.75) is 10.00 Å². The first-order valence-electron chi connectivity index (χ1n) is 7.87. The number of hydrogen-bond acceptors (Lipinski definition) is 10. The summed E-state index contributed by atoms with van der Waals surface area (Å²) in [6.07, 6.45) is 1.77. The van der Waals surface area contributed by atoms with Crippen LogP contribution in [-0.2, 0) is 39.4 Å². The van der Waals surface area contributed by atoms with E-state index in [0.29, 0.717) is 11.0 Å². The van der Waals surface area contributed by atoms with Crippen LogP contribution in [0, 0.1) is 0 Å². The number of imide groups is 2. The molecule has 2 atom stereocenters. The Morgan fingerprint density at radius 1 is 0.968 bits per heavy atom. The number of carbonyl (C=O) groups excluding carboxylic acids is 5. The van der Waals surface area contributed by atoms with E-state index in [0.717, 1.165) is 30.4 Å². The Hall–Kier alpha value is -3.31. The number of benzene rings is 1. The van der Waals surface area contributed by atoms with Crippen molar-refractivity contribution in [3.63, 3.8) is 0 Å². The molecule has 14 nitrogen and oxygen atoms in total. The summed E-state index contributed by atoms with van der Waals surface area (Å²) in [5.41, 5.74) is -1.16. The van der Waals surface area contributed by atoms with Gasteiger partial charge in [0.15, 0.2) is 5.78 Å². The number of anilines is 1. The summed E-state index contributed by atoms with van der Waals surface area (Å²) in [6.45, 7) is 0. The van der Waals surface area contributed by atoms with E-state index in [9.17, 15) is 55.1 Å². The fourth-order valence-corrected chi connectivity index (χ4v) is 5.97. The summed E-state index contributed by atoms with van der Waals surface area (Å²) < 4.78 is 62.4. The summed E-state index contributed by atoms with van der Waals surface area (Å²) in [7, 11) is -12.0. The SMILES string of the molecule is O=C1C(S(=O)(=O)O)C(C(=O)c2cccc(N3C(=O)C=CC3=O)c2)(S(=O)(=O)O)C(=O)N1O. The van der Waals surface area contributed by atoms with E-state index in [2.05, 4.69) is 0 Å². The van der Waals surface area contributed by atoms with Gasteiger partial charge in [0.25, 0.3) is 48.6 Å². The molecule has 0 bridgehead atoms. The van der Waals surface area contributed by atoms with Gasteiger partial charge in [-0.2, -0.15) is 21.9 Å². The van der Waals surface area contributed by atoms with Gasteiger partial charge in [-0.15, -0.1) is 0 Å². The van der Waals surface area contributed by atoms with Gasteiger partial charge in [-0.3, -0.25) is 38.3 Å². The minimum Gasteiger partial charge on any atom is -0.292 e. The predicted molar refractivity (Wildman–Crippen MR) is 95.7 cm³/mol. The molecule has 0 aliphatic carbocycles. The molecule has 1 saturated heterocycles. The van der Waals surface area contributed by atoms with Crippen LogP contribution in [0.5, 0.6) is 0 Å². The zero-order valence-electron chi connectivity index (χ0n) is 14.8. The minimum atomic E-state index is -6.13. The molecule has 164 valence electrons. The second kappa shape index (κ2) is 6.86. The Balaban J connectivity index is 2.27. The standard InChI is InChI=1S/C15H10N2O12S2/c18-9-4-5-10(19)16(9)8-3-1-2-7(6-8)11(20)15(31(27,28)29)12(30(24,25)26)13(21)17(23)14(15)22/h1-6,12,23H,(H,24,25,26)(H,27,28,29). The highest BCUT2D eigenvalue weighted by Gasteiger charge is 2.76. The molecule has 1 aromatic rings. The molecule has 0 aromatic heterocycles. The van der Waals surface area contributed by atoms with E-state index in [4.69, 9.17) is 0 Å². The first kappa shape index (κ1) is 22.4. The second-order valence-corrected chi connectivity index (χ2v) is 9.38. The van der Waals surface area contributed by atoms with Crippen LogP contribution in [0.25, 0.3) is 0 Å². The third-order valence-corrected chi connectivity index (χ3v) is 7.24. The topological polar surface area (TPSA) is 221 Å². The molecule has 2 heterocycles. The Labute approximate surface area is 172 Å². The molecule has 3 N–H and O–H groups in total. The zero-order valence-corrected chi connectivity index (χ0v) is 16.4. The Morgan fingerprint density at radius 2 is 1.52 bits per heavy atom. The molecule has 2 aliphatic rings. The van der Waals surface area contributed by atoms with Gasteiger partial charge in [-0.25, -0.2) is 4.90 Å². The lowest BCUT2D eigenvalue weighted by Crippen LogP contribution is -2.60. The van der Waals surface area contributed by atoms with Crippen molar-refractivity contribution in [1.82, 2.24) is 5.06 Å². The first-order valence-corrected chi connectivity index (χ1v) is 10.8. The van der Waals surface area contributed by atoms with E-state index in [1.165, 1.54) is 0 Å². The molecule has 1 fully saturated rings. The number of hydroxylamine groups is 2. The fourth-order valence-electron chi connectivity index (χ4n) is 3.23. The van der Waals surface area contributed by atoms with Gasteiger partial charge in [0.2, 0.25) is 5.25 Å². The highest BCUT2D eigenvalue weighted by molar-refractivity contribution is 7.93. The quantitative estimate of drug-likeness (QED) is 0.138. The maximum absolute atomic E-state index is 13.1. The van der Waals surface area contributed by atoms with Crippen LogP contribution in [0.15, 0.2) is 36.4 Å². The van der Waals surface area contributed by atoms with E-state index in [1.807, 2.05) is 0 Å². The predicted octanol–water partition coefficient (Wildman–Crippen LogP) is -2.06. The Morgan fingerprint density at radius 3 is 2.00 bits per heavy atom. The largest absolute Gasteiger partial charge is 0.292 e. The van der Waals surface area contributed by atoms with E-state index < -0.39 is 70.3 Å². The van der Waals surface area contributed by atoms with Crippen LogP contribution >= 0.6 is 0 Å². The van der Waals surface area contributed by atoms with Crippen molar-refractivity contribution < 1.29 is 55.1 Å². The molecule has 3 rings (SSSR count). The molecule has 16 heteroatoms. The number of nitrogens with zero attached hydrogens (tertiary/aromatic N) is 2. The Kier molecular flexibility index (Phi) is 4.95. The van der Waals surface area contributed by atoms with Crippen molar-refractivity contribution in [3.05, 3.63) is 42.0 Å². The van der Waals surface area contributed by atoms with Gasteiger partial charge in [0, 0.05) is 17.7 Å². The highest BCUT2D eigenvalue weighted by atomic mass is 32.2. The van der Waals surface area contributed by atoms with Gasteiger partial charge in [-0.1, -0.05) is 12.1 Å². The van der Waals surface area contributed by atoms with Crippen LogP contribution in [0.1, 0.15) is 10.4 Å². The number of rotatable bonds is 5. The van der Waals surface area contributed by atoms with Crippen molar-refractivity contribution in [1.29, 1.82) is 0 Å². The number of hydrogen-bond donors (Lipinski definition) is 3.